The van der Waals surface area contributed by atoms with E-state index >= 15 is 0 Å². The SMILES string of the molecule is O=C(O)CN(C(=O)Oc1ccc(O)cc1)c1cc(Cl)c(Oc2ccc(O)c(C(O)c3ccc(Cl)cc3)c2)c(Cl)c1. The maximum Gasteiger partial charge on any atom is 0.420 e. The van der Waals surface area contributed by atoms with E-state index < -0.39 is 24.7 Å². The lowest BCUT2D eigenvalue weighted by Crippen LogP contribution is -2.37. The van der Waals surface area contributed by atoms with Crippen LogP contribution in [0.15, 0.2) is 78.9 Å². The summed E-state index contributed by atoms with van der Waals surface area (Å²) < 4.78 is 11.1. The van der Waals surface area contributed by atoms with Gasteiger partial charge >= 0.3 is 12.1 Å². The number of carbonyl (C=O) groups is 2. The highest BCUT2D eigenvalue weighted by Gasteiger charge is 2.24. The predicted octanol–water partition coefficient (Wildman–Crippen LogP) is 7.02. The van der Waals surface area contributed by atoms with Gasteiger partial charge in [-0.05, 0) is 72.3 Å². The van der Waals surface area contributed by atoms with Gasteiger partial charge in [0.05, 0.1) is 15.7 Å². The number of aliphatic carboxylic acids is 1. The number of carboxylic acid groups (broad SMARTS) is 1. The highest BCUT2D eigenvalue weighted by molar-refractivity contribution is 6.37. The number of anilines is 1. The van der Waals surface area contributed by atoms with Crippen molar-refractivity contribution in [2.24, 2.45) is 0 Å². The van der Waals surface area contributed by atoms with Gasteiger partial charge in [0.25, 0.3) is 0 Å². The molecule has 0 spiro atoms. The second kappa shape index (κ2) is 12.4. The lowest BCUT2D eigenvalue weighted by molar-refractivity contribution is -0.135. The number of aromatic hydroxyl groups is 2. The zero-order valence-electron chi connectivity index (χ0n) is 20.3. The highest BCUT2D eigenvalue weighted by atomic mass is 35.5. The minimum absolute atomic E-state index is 0.0121. The standard InChI is InChI=1S/C28H20Cl3NO8/c29-16-3-1-15(2-4-16)26(37)21-13-20(9-10-24(21)34)39-27-22(30)11-17(12-23(27)31)32(14-25(35)36)28(38)40-19-7-5-18(33)6-8-19/h1-13,26,33-34,37H,14H2,(H,35,36). The van der Waals surface area contributed by atoms with Crippen LogP contribution in [0, 0.1) is 0 Å². The molecule has 0 aliphatic heterocycles. The number of nitrogens with zero attached hydrogens (tertiary/aromatic N) is 1. The van der Waals surface area contributed by atoms with E-state index in [2.05, 4.69) is 0 Å². The minimum Gasteiger partial charge on any atom is -0.508 e. The smallest absolute Gasteiger partial charge is 0.420 e. The Morgan fingerprint density at radius 2 is 1.43 bits per heavy atom. The van der Waals surface area contributed by atoms with Crippen LogP contribution in [0.3, 0.4) is 0 Å². The second-order valence-corrected chi connectivity index (χ2v) is 9.61. The maximum absolute atomic E-state index is 12.8. The molecule has 0 saturated carbocycles. The molecule has 0 aliphatic rings. The monoisotopic (exact) mass is 603 g/mol. The first-order valence-electron chi connectivity index (χ1n) is 11.5. The van der Waals surface area contributed by atoms with Crippen LogP contribution < -0.4 is 14.4 Å². The van der Waals surface area contributed by atoms with Gasteiger partial charge in [0, 0.05) is 10.6 Å². The van der Waals surface area contributed by atoms with Crippen molar-refractivity contribution in [3.05, 3.63) is 105 Å². The summed E-state index contributed by atoms with van der Waals surface area (Å²) in [5.74, 6) is -1.33. The molecule has 0 saturated heterocycles. The molecule has 40 heavy (non-hydrogen) atoms. The van der Waals surface area contributed by atoms with Crippen molar-refractivity contribution < 1.29 is 39.5 Å². The Bertz CT molecular complexity index is 1520. The number of ether oxygens (including phenoxy) is 2. The number of halogens is 3. The highest BCUT2D eigenvalue weighted by Crippen LogP contribution is 2.41. The zero-order valence-corrected chi connectivity index (χ0v) is 22.6. The van der Waals surface area contributed by atoms with E-state index in [0.717, 1.165) is 4.90 Å². The third-order valence-electron chi connectivity index (χ3n) is 5.55. The molecule has 4 aromatic rings. The molecule has 1 atom stereocenters. The number of phenols is 2. The van der Waals surface area contributed by atoms with Crippen LogP contribution >= 0.6 is 34.8 Å². The van der Waals surface area contributed by atoms with Gasteiger partial charge in [-0.3, -0.25) is 9.69 Å². The van der Waals surface area contributed by atoms with Crippen LogP contribution in [0.25, 0.3) is 0 Å². The van der Waals surface area contributed by atoms with E-state index in [1.807, 2.05) is 0 Å². The summed E-state index contributed by atoms with van der Waals surface area (Å²) in [4.78, 5) is 25.1. The zero-order chi connectivity index (χ0) is 29.0. The first-order chi connectivity index (χ1) is 19.0. The number of aliphatic hydroxyl groups excluding tert-OH is 1. The average Bonchev–Trinajstić information content (AvgIpc) is 2.91. The van der Waals surface area contributed by atoms with Crippen LogP contribution in [0.5, 0.6) is 28.7 Å². The molecule has 1 unspecified atom stereocenters. The van der Waals surface area contributed by atoms with Crippen molar-refractivity contribution in [2.75, 3.05) is 11.4 Å². The molecule has 9 nitrogen and oxygen atoms in total. The Kier molecular flexibility index (Phi) is 8.91. The van der Waals surface area contributed by atoms with E-state index in [1.165, 1.54) is 54.6 Å². The van der Waals surface area contributed by atoms with Gasteiger partial charge in [0.2, 0.25) is 0 Å². The van der Waals surface area contributed by atoms with Crippen LogP contribution in [-0.2, 0) is 4.79 Å². The molecular weight excluding hydrogens is 585 g/mol. The van der Waals surface area contributed by atoms with Crippen molar-refractivity contribution in [3.8, 4) is 28.7 Å². The first-order valence-corrected chi connectivity index (χ1v) is 12.6. The lowest BCUT2D eigenvalue weighted by Gasteiger charge is -2.22. The van der Waals surface area contributed by atoms with Gasteiger partial charge in [-0.2, -0.15) is 0 Å². The number of hydrogen-bond acceptors (Lipinski definition) is 7. The molecule has 4 rings (SSSR count). The third-order valence-corrected chi connectivity index (χ3v) is 6.36. The normalized spacial score (nSPS) is 11.5. The van der Waals surface area contributed by atoms with E-state index in [1.54, 1.807) is 24.3 Å². The number of carbonyl (C=O) groups excluding carboxylic acids is 1. The summed E-state index contributed by atoms with van der Waals surface area (Å²) >= 11 is 18.7. The van der Waals surface area contributed by atoms with Gasteiger partial charge in [-0.1, -0.05) is 46.9 Å². The van der Waals surface area contributed by atoms with Crippen LogP contribution in [0.4, 0.5) is 10.5 Å². The fraction of sp³-hybridized carbons (Fsp3) is 0.0714. The van der Waals surface area contributed by atoms with Gasteiger partial charge in [-0.25, -0.2) is 4.79 Å². The van der Waals surface area contributed by atoms with E-state index in [4.69, 9.17) is 44.3 Å². The number of rotatable bonds is 8. The molecule has 0 aliphatic carbocycles. The molecule has 0 radical (unpaired) electrons. The topological polar surface area (TPSA) is 137 Å². The molecular formula is C28H20Cl3NO8. The summed E-state index contributed by atoms with van der Waals surface area (Å²) in [6, 6.07) is 18.4. The fourth-order valence-electron chi connectivity index (χ4n) is 3.62. The van der Waals surface area contributed by atoms with Crippen molar-refractivity contribution in [1.82, 2.24) is 0 Å². The predicted molar refractivity (Wildman–Crippen MR) is 149 cm³/mol. The number of aliphatic hydroxyl groups is 1. The molecule has 0 bridgehead atoms. The minimum atomic E-state index is -1.33. The molecule has 1 amide bonds. The summed E-state index contributed by atoms with van der Waals surface area (Å²) in [5.41, 5.74) is 0.640. The molecule has 4 N–H and O–H groups in total. The summed E-state index contributed by atoms with van der Waals surface area (Å²) in [7, 11) is 0. The number of carboxylic acids is 1. The summed E-state index contributed by atoms with van der Waals surface area (Å²) in [6.45, 7) is -0.770. The second-order valence-electron chi connectivity index (χ2n) is 8.36. The molecule has 4 aromatic carbocycles. The Balaban J connectivity index is 1.60. The Hall–Kier alpha value is -4.15. The quantitative estimate of drug-likeness (QED) is 0.168. The van der Waals surface area contributed by atoms with Crippen molar-refractivity contribution in [3.63, 3.8) is 0 Å². The molecule has 206 valence electrons. The van der Waals surface area contributed by atoms with E-state index in [0.29, 0.717) is 10.6 Å². The largest absolute Gasteiger partial charge is 0.508 e. The van der Waals surface area contributed by atoms with Crippen LogP contribution in [-0.4, -0.2) is 39.0 Å². The van der Waals surface area contributed by atoms with Crippen molar-refractivity contribution in [2.45, 2.75) is 6.10 Å². The van der Waals surface area contributed by atoms with E-state index in [9.17, 15) is 30.0 Å². The summed E-state index contributed by atoms with van der Waals surface area (Å²) in [5, 5.41) is 40.2. The molecule has 0 fully saturated rings. The van der Waals surface area contributed by atoms with Gasteiger partial charge in [0.1, 0.15) is 35.6 Å². The molecule has 12 heteroatoms. The van der Waals surface area contributed by atoms with Crippen LogP contribution in [0.1, 0.15) is 17.2 Å². The lowest BCUT2D eigenvalue weighted by atomic mass is 10.0. The number of benzene rings is 4. The van der Waals surface area contributed by atoms with Crippen molar-refractivity contribution in [1.29, 1.82) is 0 Å². The maximum atomic E-state index is 12.8. The Morgan fingerprint density at radius 1 is 0.825 bits per heavy atom. The molecule has 0 heterocycles. The first kappa shape index (κ1) is 28.8. The van der Waals surface area contributed by atoms with Crippen LogP contribution in [0.2, 0.25) is 15.1 Å². The molecule has 0 aromatic heterocycles. The fourth-order valence-corrected chi connectivity index (χ4v) is 4.30. The number of phenolic OH excluding ortho intramolecular Hbond substituents is 2. The van der Waals surface area contributed by atoms with Gasteiger partial charge in [0.15, 0.2) is 5.75 Å². The Morgan fingerprint density at radius 3 is 2.02 bits per heavy atom. The van der Waals surface area contributed by atoms with Gasteiger partial charge in [-0.15, -0.1) is 0 Å². The third kappa shape index (κ3) is 6.88. The summed E-state index contributed by atoms with van der Waals surface area (Å²) in [6.07, 6.45) is -2.23. The van der Waals surface area contributed by atoms with Crippen molar-refractivity contribution >= 4 is 52.6 Å². The van der Waals surface area contributed by atoms with E-state index in [-0.39, 0.29) is 50.0 Å². The van der Waals surface area contributed by atoms with Gasteiger partial charge < -0.3 is 29.9 Å². The average molecular weight is 605 g/mol. The number of amides is 1. The Labute approximate surface area is 242 Å². The number of hydrogen-bond donors (Lipinski definition) is 4.